The molecule has 0 bridgehead atoms. The number of aliphatic carboxylic acids is 1. The molecule has 1 atom stereocenters. The average Bonchev–Trinajstić information content (AvgIpc) is 3.13. The van der Waals surface area contributed by atoms with Gasteiger partial charge in [0.05, 0.1) is 12.0 Å². The van der Waals surface area contributed by atoms with Crippen LogP contribution in [0.3, 0.4) is 0 Å². The van der Waals surface area contributed by atoms with E-state index in [0.717, 1.165) is 5.69 Å². The number of aromatic nitrogens is 3. The third-order valence-corrected chi connectivity index (χ3v) is 3.81. The van der Waals surface area contributed by atoms with Crippen molar-refractivity contribution >= 4 is 11.9 Å². The van der Waals surface area contributed by atoms with Crippen LogP contribution in [0.4, 0.5) is 0 Å². The highest BCUT2D eigenvalue weighted by Crippen LogP contribution is 2.29. The highest BCUT2D eigenvalue weighted by atomic mass is 16.5. The van der Waals surface area contributed by atoms with Gasteiger partial charge in [0.15, 0.2) is 11.7 Å². The molecule has 1 amide bonds. The molecule has 0 aliphatic carbocycles. The molecule has 3 rings (SSSR count). The third-order valence-electron chi connectivity index (χ3n) is 3.81. The number of aromatic amines is 1. The smallest absolute Gasteiger partial charge is 0.332 e. The van der Waals surface area contributed by atoms with E-state index < -0.39 is 17.9 Å². The Balaban J connectivity index is 1.87. The summed E-state index contributed by atoms with van der Waals surface area (Å²) in [6.45, 7) is 4.36. The molecule has 0 radical (unpaired) electrons. The summed E-state index contributed by atoms with van der Waals surface area (Å²) >= 11 is 0. The van der Waals surface area contributed by atoms with E-state index in [1.807, 2.05) is 13.8 Å². The Hall–Kier alpha value is -2.64. The molecule has 0 saturated heterocycles. The minimum Gasteiger partial charge on any atom is -0.479 e. The molecular formula is C15H18N4O4. The zero-order valence-electron chi connectivity index (χ0n) is 12.9. The van der Waals surface area contributed by atoms with E-state index in [2.05, 4.69) is 15.1 Å². The van der Waals surface area contributed by atoms with Crippen molar-refractivity contribution in [2.75, 3.05) is 6.54 Å². The van der Waals surface area contributed by atoms with E-state index in [-0.39, 0.29) is 12.2 Å². The van der Waals surface area contributed by atoms with Gasteiger partial charge in [0.25, 0.3) is 5.91 Å². The first kappa shape index (κ1) is 15.3. The monoisotopic (exact) mass is 318 g/mol. The summed E-state index contributed by atoms with van der Waals surface area (Å²) in [5.41, 5.74) is 1.26. The van der Waals surface area contributed by atoms with Crippen molar-refractivity contribution in [1.82, 2.24) is 20.0 Å². The topological polar surface area (TPSA) is 112 Å². The summed E-state index contributed by atoms with van der Waals surface area (Å²) < 4.78 is 5.17. The van der Waals surface area contributed by atoms with Gasteiger partial charge < -0.3 is 19.5 Å². The number of carbonyl (C=O) groups excluding carboxylic acids is 1. The van der Waals surface area contributed by atoms with Crippen LogP contribution >= 0.6 is 0 Å². The van der Waals surface area contributed by atoms with Crippen molar-refractivity contribution < 1.29 is 19.2 Å². The molecule has 0 aromatic carbocycles. The number of hydrogen-bond donors (Lipinski definition) is 2. The number of rotatable bonds is 4. The first-order chi connectivity index (χ1) is 11.0. The summed E-state index contributed by atoms with van der Waals surface area (Å²) in [6.07, 6.45) is 2.65. The van der Waals surface area contributed by atoms with Gasteiger partial charge in [-0.05, 0) is 5.92 Å². The number of carboxylic acid groups (broad SMARTS) is 1. The van der Waals surface area contributed by atoms with Crippen molar-refractivity contribution in [3.8, 4) is 0 Å². The predicted molar refractivity (Wildman–Crippen MR) is 78.8 cm³/mol. The van der Waals surface area contributed by atoms with Crippen LogP contribution in [-0.2, 0) is 17.6 Å². The minimum atomic E-state index is -1.11. The standard InChI is InChI=1S/C15H18N4O4/c1-8(2)5-9-6-11(18-23-9)14(20)19-4-3-10-12(17-7-16-10)13(19)15(21)22/h6-8,13H,3-5H2,1-2H3,(H,16,17)(H,21,22). The zero-order valence-corrected chi connectivity index (χ0v) is 12.9. The maximum Gasteiger partial charge on any atom is 0.332 e. The second kappa shape index (κ2) is 5.86. The minimum absolute atomic E-state index is 0.130. The van der Waals surface area contributed by atoms with Gasteiger partial charge in [0, 0.05) is 31.1 Å². The highest BCUT2D eigenvalue weighted by molar-refractivity contribution is 5.95. The summed E-state index contributed by atoms with van der Waals surface area (Å²) in [6, 6.07) is 0.476. The first-order valence-corrected chi connectivity index (χ1v) is 7.49. The Morgan fingerprint density at radius 3 is 3.00 bits per heavy atom. The summed E-state index contributed by atoms with van der Waals surface area (Å²) in [5, 5.41) is 13.3. The molecular weight excluding hydrogens is 300 g/mol. The molecule has 1 unspecified atom stereocenters. The van der Waals surface area contributed by atoms with Crippen LogP contribution in [0, 0.1) is 5.92 Å². The van der Waals surface area contributed by atoms with E-state index in [1.54, 1.807) is 6.07 Å². The van der Waals surface area contributed by atoms with E-state index in [1.165, 1.54) is 11.2 Å². The largest absolute Gasteiger partial charge is 0.479 e. The lowest BCUT2D eigenvalue weighted by molar-refractivity contribution is -0.143. The van der Waals surface area contributed by atoms with Crippen LogP contribution in [0.5, 0.6) is 0 Å². The van der Waals surface area contributed by atoms with Gasteiger partial charge in [-0.15, -0.1) is 0 Å². The lowest BCUT2D eigenvalue weighted by atomic mass is 10.0. The Labute approximate surface area is 132 Å². The molecule has 8 heteroatoms. The predicted octanol–water partition coefficient (Wildman–Crippen LogP) is 1.42. The van der Waals surface area contributed by atoms with Crippen LogP contribution < -0.4 is 0 Å². The van der Waals surface area contributed by atoms with Gasteiger partial charge >= 0.3 is 5.97 Å². The van der Waals surface area contributed by atoms with Gasteiger partial charge in [-0.3, -0.25) is 4.79 Å². The normalized spacial score (nSPS) is 17.3. The van der Waals surface area contributed by atoms with Crippen LogP contribution in [0.25, 0.3) is 0 Å². The van der Waals surface area contributed by atoms with Gasteiger partial charge in [-0.2, -0.15) is 0 Å². The van der Waals surface area contributed by atoms with Crippen LogP contribution in [0.15, 0.2) is 16.9 Å². The molecule has 23 heavy (non-hydrogen) atoms. The molecule has 122 valence electrons. The van der Waals surface area contributed by atoms with Crippen molar-refractivity contribution in [3.63, 3.8) is 0 Å². The SMILES string of the molecule is CC(C)Cc1cc(C(=O)N2CCc3[nH]cnc3C2C(=O)O)no1. The maximum absolute atomic E-state index is 12.6. The fourth-order valence-corrected chi connectivity index (χ4v) is 2.80. The Kier molecular flexibility index (Phi) is 3.89. The lowest BCUT2D eigenvalue weighted by Crippen LogP contribution is -2.43. The van der Waals surface area contributed by atoms with E-state index in [0.29, 0.717) is 30.2 Å². The second-order valence-corrected chi connectivity index (χ2v) is 6.03. The number of carboxylic acids is 1. The number of nitrogens with zero attached hydrogens (tertiary/aromatic N) is 3. The first-order valence-electron chi connectivity index (χ1n) is 7.49. The van der Waals surface area contributed by atoms with Crippen LogP contribution in [0.1, 0.15) is 47.5 Å². The second-order valence-electron chi connectivity index (χ2n) is 6.03. The van der Waals surface area contributed by atoms with E-state index in [4.69, 9.17) is 4.52 Å². The number of carbonyl (C=O) groups is 2. The number of amides is 1. The van der Waals surface area contributed by atoms with E-state index >= 15 is 0 Å². The summed E-state index contributed by atoms with van der Waals surface area (Å²) in [5.74, 6) is -0.575. The number of hydrogen-bond acceptors (Lipinski definition) is 5. The Morgan fingerprint density at radius 1 is 1.52 bits per heavy atom. The Bertz CT molecular complexity index is 733. The fourth-order valence-electron chi connectivity index (χ4n) is 2.80. The average molecular weight is 318 g/mol. The molecule has 2 N–H and O–H groups in total. The molecule has 1 aliphatic heterocycles. The summed E-state index contributed by atoms with van der Waals surface area (Å²) in [4.78, 5) is 32.5. The van der Waals surface area contributed by atoms with Crippen LogP contribution in [-0.4, -0.2) is 43.6 Å². The fraction of sp³-hybridized carbons (Fsp3) is 0.467. The Morgan fingerprint density at radius 2 is 2.30 bits per heavy atom. The van der Waals surface area contributed by atoms with Crippen molar-refractivity contribution in [3.05, 3.63) is 35.2 Å². The van der Waals surface area contributed by atoms with Gasteiger partial charge in [-0.1, -0.05) is 19.0 Å². The molecule has 8 nitrogen and oxygen atoms in total. The van der Waals surface area contributed by atoms with Gasteiger partial charge in [0.1, 0.15) is 5.76 Å². The molecule has 1 aliphatic rings. The molecule has 0 spiro atoms. The van der Waals surface area contributed by atoms with Crippen molar-refractivity contribution in [1.29, 1.82) is 0 Å². The molecule has 3 heterocycles. The molecule has 2 aromatic heterocycles. The summed E-state index contributed by atoms with van der Waals surface area (Å²) in [7, 11) is 0. The number of fused-ring (bicyclic) bond motifs is 1. The number of nitrogens with one attached hydrogen (secondary N) is 1. The lowest BCUT2D eigenvalue weighted by Gasteiger charge is -2.31. The number of imidazole rings is 1. The van der Waals surface area contributed by atoms with Crippen LogP contribution in [0.2, 0.25) is 0 Å². The zero-order chi connectivity index (χ0) is 16.6. The van der Waals surface area contributed by atoms with Crippen molar-refractivity contribution in [2.24, 2.45) is 5.92 Å². The van der Waals surface area contributed by atoms with Gasteiger partial charge in [-0.25, -0.2) is 9.78 Å². The van der Waals surface area contributed by atoms with E-state index in [9.17, 15) is 14.7 Å². The maximum atomic E-state index is 12.6. The molecule has 0 fully saturated rings. The highest BCUT2D eigenvalue weighted by Gasteiger charge is 2.39. The third kappa shape index (κ3) is 2.84. The number of H-pyrrole nitrogens is 1. The molecule has 2 aromatic rings. The van der Waals surface area contributed by atoms with Gasteiger partial charge in [0.2, 0.25) is 0 Å². The quantitative estimate of drug-likeness (QED) is 0.881. The molecule has 0 saturated carbocycles. The van der Waals surface area contributed by atoms with Crippen molar-refractivity contribution in [2.45, 2.75) is 32.7 Å².